The van der Waals surface area contributed by atoms with E-state index >= 15 is 0 Å². The Hall–Kier alpha value is -1.88. The van der Waals surface area contributed by atoms with Gasteiger partial charge >= 0.3 is 5.97 Å². The molecule has 0 radical (unpaired) electrons. The van der Waals surface area contributed by atoms with Crippen molar-refractivity contribution >= 4 is 11.9 Å². The smallest absolute Gasteiger partial charge is 0.335 e. The molecule has 0 atom stereocenters. The maximum atomic E-state index is 11.9. The van der Waals surface area contributed by atoms with Crippen molar-refractivity contribution in [3.8, 4) is 0 Å². The fraction of sp³-hybridized carbons (Fsp3) is 0.556. The van der Waals surface area contributed by atoms with Gasteiger partial charge in [-0.15, -0.1) is 0 Å². The second-order valence-electron chi connectivity index (χ2n) is 6.24. The minimum absolute atomic E-state index is 0.145. The maximum absolute atomic E-state index is 11.9. The van der Waals surface area contributed by atoms with Gasteiger partial charge in [0.15, 0.2) is 0 Å². The van der Waals surface area contributed by atoms with Crippen molar-refractivity contribution in [1.29, 1.82) is 0 Å². The summed E-state index contributed by atoms with van der Waals surface area (Å²) in [5, 5.41) is 15.1. The molecule has 0 bridgehead atoms. The highest BCUT2D eigenvalue weighted by Gasteiger charge is 2.16. The van der Waals surface area contributed by atoms with Gasteiger partial charge in [0, 0.05) is 26.1 Å². The summed E-state index contributed by atoms with van der Waals surface area (Å²) in [5.41, 5.74) is 1.23. The molecule has 2 rings (SSSR count). The zero-order chi connectivity index (χ0) is 16.5. The molecule has 1 amide bonds. The van der Waals surface area contributed by atoms with Crippen LogP contribution in [0.3, 0.4) is 0 Å². The number of carbonyl (C=O) groups is 2. The lowest BCUT2D eigenvalue weighted by molar-refractivity contribution is -0.122. The van der Waals surface area contributed by atoms with Gasteiger partial charge in [-0.2, -0.15) is 0 Å². The zero-order valence-electron chi connectivity index (χ0n) is 13.5. The van der Waals surface area contributed by atoms with Crippen LogP contribution in [0.1, 0.15) is 54.4 Å². The fourth-order valence-electron chi connectivity index (χ4n) is 3.06. The van der Waals surface area contributed by atoms with E-state index in [1.807, 2.05) is 6.07 Å². The molecule has 5 heteroatoms. The molecule has 0 saturated heterocycles. The highest BCUT2D eigenvalue weighted by Crippen LogP contribution is 2.25. The summed E-state index contributed by atoms with van der Waals surface area (Å²) in [6.45, 7) is 1.87. The summed E-state index contributed by atoms with van der Waals surface area (Å²) in [6, 6.07) is 6.88. The number of hydrogen-bond acceptors (Lipinski definition) is 3. The molecule has 126 valence electrons. The normalized spacial score (nSPS) is 15.3. The molecule has 1 saturated carbocycles. The van der Waals surface area contributed by atoms with Gasteiger partial charge < -0.3 is 15.7 Å². The topological polar surface area (TPSA) is 78.4 Å². The summed E-state index contributed by atoms with van der Waals surface area (Å²) in [4.78, 5) is 22.8. The number of carbonyl (C=O) groups excluding carboxylic acids is 1. The SMILES string of the molecule is O=C(CC1CCCCC1)NCCNCc1cccc(C(=O)O)c1. The van der Waals surface area contributed by atoms with Crippen LogP contribution in [0, 0.1) is 5.92 Å². The standard InChI is InChI=1S/C18H26N2O3/c21-17(12-14-5-2-1-3-6-14)20-10-9-19-13-15-7-4-8-16(11-15)18(22)23/h4,7-8,11,14,19H,1-3,5-6,9-10,12-13H2,(H,20,21)(H,22,23). The number of amides is 1. The number of rotatable bonds is 8. The Labute approximate surface area is 137 Å². The minimum atomic E-state index is -0.915. The number of hydrogen-bond donors (Lipinski definition) is 3. The molecule has 0 aromatic heterocycles. The van der Waals surface area contributed by atoms with E-state index in [2.05, 4.69) is 10.6 Å². The third-order valence-electron chi connectivity index (χ3n) is 4.33. The molecule has 1 fully saturated rings. The lowest BCUT2D eigenvalue weighted by Crippen LogP contribution is -2.32. The van der Waals surface area contributed by atoms with Crippen LogP contribution in [0.15, 0.2) is 24.3 Å². The van der Waals surface area contributed by atoms with Gasteiger partial charge in [0.1, 0.15) is 0 Å². The fourth-order valence-corrected chi connectivity index (χ4v) is 3.06. The predicted molar refractivity (Wildman–Crippen MR) is 89.3 cm³/mol. The summed E-state index contributed by atoms with van der Waals surface area (Å²) in [5.74, 6) is -0.205. The van der Waals surface area contributed by atoms with Crippen molar-refractivity contribution < 1.29 is 14.7 Å². The number of aromatic carboxylic acids is 1. The summed E-state index contributed by atoms with van der Waals surface area (Å²) < 4.78 is 0. The largest absolute Gasteiger partial charge is 0.478 e. The molecule has 0 spiro atoms. The molecule has 3 N–H and O–H groups in total. The van der Waals surface area contributed by atoms with Crippen molar-refractivity contribution in [3.05, 3.63) is 35.4 Å². The van der Waals surface area contributed by atoms with Gasteiger partial charge in [0.05, 0.1) is 5.56 Å². The maximum Gasteiger partial charge on any atom is 0.335 e. The Bertz CT molecular complexity index is 525. The van der Waals surface area contributed by atoms with E-state index < -0.39 is 5.97 Å². The summed E-state index contributed by atoms with van der Waals surface area (Å²) >= 11 is 0. The Kier molecular flexibility index (Phi) is 7.07. The van der Waals surface area contributed by atoms with E-state index in [-0.39, 0.29) is 5.91 Å². The first kappa shape index (κ1) is 17.5. The Balaban J connectivity index is 1.59. The molecule has 1 aromatic rings. The number of benzene rings is 1. The van der Waals surface area contributed by atoms with Gasteiger partial charge in [-0.3, -0.25) is 4.79 Å². The molecular weight excluding hydrogens is 292 g/mol. The molecule has 23 heavy (non-hydrogen) atoms. The van der Waals surface area contributed by atoms with Crippen LogP contribution >= 0.6 is 0 Å². The quantitative estimate of drug-likeness (QED) is 0.644. The molecule has 1 aliphatic carbocycles. The summed E-state index contributed by atoms with van der Waals surface area (Å²) in [7, 11) is 0. The molecule has 1 aromatic carbocycles. The van der Waals surface area contributed by atoms with E-state index in [0.717, 1.165) is 5.56 Å². The van der Waals surface area contributed by atoms with Crippen molar-refractivity contribution in [3.63, 3.8) is 0 Å². The van der Waals surface area contributed by atoms with Crippen molar-refractivity contribution in [2.75, 3.05) is 13.1 Å². The molecule has 0 unspecified atom stereocenters. The Morgan fingerprint density at radius 2 is 1.91 bits per heavy atom. The lowest BCUT2D eigenvalue weighted by atomic mass is 9.87. The lowest BCUT2D eigenvalue weighted by Gasteiger charge is -2.20. The highest BCUT2D eigenvalue weighted by molar-refractivity contribution is 5.87. The summed E-state index contributed by atoms with van der Waals surface area (Å²) in [6.07, 6.45) is 6.85. The van der Waals surface area contributed by atoms with Crippen molar-refractivity contribution in [2.24, 2.45) is 5.92 Å². The van der Waals surface area contributed by atoms with Gasteiger partial charge in [-0.1, -0.05) is 31.4 Å². The average Bonchev–Trinajstić information content (AvgIpc) is 2.55. The van der Waals surface area contributed by atoms with E-state index in [4.69, 9.17) is 5.11 Å². The average molecular weight is 318 g/mol. The van der Waals surface area contributed by atoms with E-state index in [1.54, 1.807) is 18.2 Å². The molecule has 1 aliphatic rings. The molecule has 0 heterocycles. The zero-order valence-corrected chi connectivity index (χ0v) is 13.5. The minimum Gasteiger partial charge on any atom is -0.478 e. The second-order valence-corrected chi connectivity index (χ2v) is 6.24. The van der Waals surface area contributed by atoms with Gasteiger partial charge in [-0.25, -0.2) is 4.79 Å². The van der Waals surface area contributed by atoms with Crippen LogP contribution in [0.25, 0.3) is 0 Å². The monoisotopic (exact) mass is 318 g/mol. The van der Waals surface area contributed by atoms with Crippen molar-refractivity contribution in [2.45, 2.75) is 45.1 Å². The number of carboxylic acid groups (broad SMARTS) is 1. The van der Waals surface area contributed by atoms with E-state index in [0.29, 0.717) is 37.5 Å². The first-order chi connectivity index (χ1) is 11.1. The van der Waals surface area contributed by atoms with Crippen LogP contribution in [0.2, 0.25) is 0 Å². The van der Waals surface area contributed by atoms with Crippen LogP contribution < -0.4 is 10.6 Å². The molecule has 5 nitrogen and oxygen atoms in total. The van der Waals surface area contributed by atoms with Crippen LogP contribution in [0.5, 0.6) is 0 Å². The Morgan fingerprint density at radius 3 is 2.65 bits per heavy atom. The first-order valence-electron chi connectivity index (χ1n) is 8.45. The van der Waals surface area contributed by atoms with Gasteiger partial charge in [0.25, 0.3) is 0 Å². The third kappa shape index (κ3) is 6.40. The van der Waals surface area contributed by atoms with E-state index in [9.17, 15) is 9.59 Å². The first-order valence-corrected chi connectivity index (χ1v) is 8.45. The number of carboxylic acids is 1. The molecular formula is C18H26N2O3. The number of nitrogens with one attached hydrogen (secondary N) is 2. The van der Waals surface area contributed by atoms with Gasteiger partial charge in [0.2, 0.25) is 5.91 Å². The predicted octanol–water partition coefficient (Wildman–Crippen LogP) is 2.56. The van der Waals surface area contributed by atoms with E-state index in [1.165, 1.54) is 32.1 Å². The van der Waals surface area contributed by atoms with Crippen LogP contribution in [-0.2, 0) is 11.3 Å². The van der Waals surface area contributed by atoms with Gasteiger partial charge in [-0.05, 0) is 36.5 Å². The van der Waals surface area contributed by atoms with Crippen LogP contribution in [0.4, 0.5) is 0 Å². The van der Waals surface area contributed by atoms with Crippen LogP contribution in [-0.4, -0.2) is 30.1 Å². The third-order valence-corrected chi connectivity index (χ3v) is 4.33. The molecule has 0 aliphatic heterocycles. The van der Waals surface area contributed by atoms with Crippen molar-refractivity contribution in [1.82, 2.24) is 10.6 Å². The second kappa shape index (κ2) is 9.30. The Morgan fingerprint density at radius 1 is 1.13 bits per heavy atom. The highest BCUT2D eigenvalue weighted by atomic mass is 16.4.